The number of allylic oxidation sites excluding steroid dienone is 4. The minimum Gasteiger partial charge on any atom is -0.493 e. The maximum Gasteiger partial charge on any atom is 0.129 e. The van der Waals surface area contributed by atoms with Gasteiger partial charge in [-0.2, -0.15) is 0 Å². The van der Waals surface area contributed by atoms with Crippen molar-refractivity contribution in [3.8, 4) is 16.9 Å². The van der Waals surface area contributed by atoms with Gasteiger partial charge in [0.1, 0.15) is 23.9 Å². The highest BCUT2D eigenvalue weighted by atomic mass is 19.1. The van der Waals surface area contributed by atoms with Crippen molar-refractivity contribution in [2.24, 2.45) is 23.7 Å². The molecule has 0 aliphatic heterocycles. The molecule has 3 fully saturated rings. The second kappa shape index (κ2) is 12.4. The minimum absolute atomic E-state index is 0.165. The molecule has 0 spiro atoms. The lowest BCUT2D eigenvalue weighted by Gasteiger charge is -2.31. The van der Waals surface area contributed by atoms with Crippen LogP contribution in [0, 0.1) is 43.3 Å². The molecule has 3 saturated carbocycles. The summed E-state index contributed by atoms with van der Waals surface area (Å²) in [6.07, 6.45) is 10.7. The molecule has 0 radical (unpaired) electrons. The molecule has 2 aromatic carbocycles. The third-order valence-electron chi connectivity index (χ3n) is 8.54. The standard InChI is InChI=1S/C33H39FO2.C2H6/c1-6-30-26(16-27-17-31(27)30)14-23(5)35-19-28-15-25(10-11-32(28)34)33-20(2)12-29(13-21(33)3)36-18-22(4)24-8-7-9-24;1-2/h6,10-15,22,24,27,31H,5,7-9,16-19H2,1-4H3;1-2H3/b26-14-,30-6+;. The summed E-state index contributed by atoms with van der Waals surface area (Å²) in [4.78, 5) is 0. The Hall–Kier alpha value is -2.81. The van der Waals surface area contributed by atoms with Crippen LogP contribution in [0.1, 0.15) is 76.5 Å². The fourth-order valence-electron chi connectivity index (χ4n) is 6.12. The quantitative estimate of drug-likeness (QED) is 0.309. The Kier molecular flexibility index (Phi) is 9.18. The Morgan fingerprint density at radius 1 is 1.13 bits per heavy atom. The highest BCUT2D eigenvalue weighted by Gasteiger charge is 2.46. The van der Waals surface area contributed by atoms with Crippen molar-refractivity contribution in [3.05, 3.63) is 88.5 Å². The van der Waals surface area contributed by atoms with Crippen molar-refractivity contribution in [1.82, 2.24) is 0 Å². The van der Waals surface area contributed by atoms with Crippen LogP contribution in [0.25, 0.3) is 11.1 Å². The predicted molar refractivity (Wildman–Crippen MR) is 157 cm³/mol. The van der Waals surface area contributed by atoms with Crippen LogP contribution in [0.3, 0.4) is 0 Å². The summed E-state index contributed by atoms with van der Waals surface area (Å²) in [5, 5.41) is 0. The molecule has 3 aliphatic rings. The van der Waals surface area contributed by atoms with E-state index in [0.29, 0.717) is 17.2 Å². The van der Waals surface area contributed by atoms with E-state index in [1.165, 1.54) is 36.8 Å². The van der Waals surface area contributed by atoms with Gasteiger partial charge in [-0.1, -0.05) is 58.8 Å². The first-order valence-electron chi connectivity index (χ1n) is 14.6. The van der Waals surface area contributed by atoms with E-state index in [1.54, 1.807) is 6.07 Å². The average Bonchev–Trinajstić information content (AvgIpc) is 3.53. The lowest BCUT2D eigenvalue weighted by atomic mass is 9.77. The van der Waals surface area contributed by atoms with Crippen LogP contribution in [0.5, 0.6) is 5.75 Å². The van der Waals surface area contributed by atoms with Crippen LogP contribution >= 0.6 is 0 Å². The van der Waals surface area contributed by atoms with Crippen molar-refractivity contribution < 1.29 is 13.9 Å². The van der Waals surface area contributed by atoms with Gasteiger partial charge in [0.25, 0.3) is 0 Å². The van der Waals surface area contributed by atoms with Crippen molar-refractivity contribution in [2.45, 2.75) is 80.3 Å². The monoisotopic (exact) mass is 516 g/mol. The molecule has 0 heterocycles. The van der Waals surface area contributed by atoms with Gasteiger partial charge in [-0.25, -0.2) is 4.39 Å². The van der Waals surface area contributed by atoms with Gasteiger partial charge >= 0.3 is 0 Å². The molecule has 38 heavy (non-hydrogen) atoms. The average molecular weight is 517 g/mol. The van der Waals surface area contributed by atoms with Crippen LogP contribution in [-0.2, 0) is 11.3 Å². The summed E-state index contributed by atoms with van der Waals surface area (Å²) in [7, 11) is 0. The molecule has 2 nitrogen and oxygen atoms in total. The Bertz CT molecular complexity index is 1190. The first-order valence-corrected chi connectivity index (χ1v) is 14.6. The SMILES string of the molecule is C=C(/C=C1/CC2CC2/C1=C/C)OCc1cc(-c2c(C)cc(OCC(C)C3CCC3)cc2C)ccc1F.CC. The van der Waals surface area contributed by atoms with Crippen molar-refractivity contribution in [1.29, 1.82) is 0 Å². The van der Waals surface area contributed by atoms with Gasteiger partial charge in [-0.3, -0.25) is 0 Å². The van der Waals surface area contributed by atoms with E-state index >= 15 is 0 Å². The summed E-state index contributed by atoms with van der Waals surface area (Å²) < 4.78 is 26.8. The van der Waals surface area contributed by atoms with E-state index in [2.05, 4.69) is 52.5 Å². The van der Waals surface area contributed by atoms with E-state index in [4.69, 9.17) is 9.47 Å². The predicted octanol–water partition coefficient (Wildman–Crippen LogP) is 9.89. The lowest BCUT2D eigenvalue weighted by Crippen LogP contribution is -2.24. The van der Waals surface area contributed by atoms with Crippen molar-refractivity contribution in [3.63, 3.8) is 0 Å². The third-order valence-corrected chi connectivity index (χ3v) is 8.54. The molecular weight excluding hydrogens is 471 g/mol. The molecule has 3 aliphatic carbocycles. The van der Waals surface area contributed by atoms with Crippen LogP contribution in [-0.4, -0.2) is 6.61 Å². The van der Waals surface area contributed by atoms with E-state index < -0.39 is 0 Å². The number of hydrogen-bond donors (Lipinski definition) is 0. The smallest absolute Gasteiger partial charge is 0.129 e. The molecule has 5 rings (SSSR count). The zero-order chi connectivity index (χ0) is 27.4. The maximum atomic E-state index is 14.7. The minimum atomic E-state index is -0.254. The lowest BCUT2D eigenvalue weighted by molar-refractivity contribution is 0.149. The summed E-state index contributed by atoms with van der Waals surface area (Å²) in [5.74, 6) is 4.20. The maximum absolute atomic E-state index is 14.7. The summed E-state index contributed by atoms with van der Waals surface area (Å²) in [5.41, 5.74) is 7.69. The van der Waals surface area contributed by atoms with Gasteiger partial charge in [0.05, 0.1) is 6.61 Å². The third kappa shape index (κ3) is 6.25. The molecule has 3 atom stereocenters. The Morgan fingerprint density at radius 2 is 1.84 bits per heavy atom. The molecule has 3 heteroatoms. The molecule has 0 amide bonds. The number of benzene rings is 2. The van der Waals surface area contributed by atoms with Gasteiger partial charge in [-0.15, -0.1) is 0 Å². The Balaban J connectivity index is 0.00000164. The first kappa shape index (κ1) is 28.2. The van der Waals surface area contributed by atoms with Gasteiger partial charge in [0, 0.05) is 5.56 Å². The fraction of sp³-hybridized carbons (Fsp3) is 0.486. The van der Waals surface area contributed by atoms with Crippen LogP contribution in [0.2, 0.25) is 0 Å². The van der Waals surface area contributed by atoms with Crippen molar-refractivity contribution >= 4 is 0 Å². The zero-order valence-electron chi connectivity index (χ0n) is 24.2. The summed E-state index contributed by atoms with van der Waals surface area (Å²) >= 11 is 0. The topological polar surface area (TPSA) is 18.5 Å². The number of hydrogen-bond acceptors (Lipinski definition) is 2. The molecule has 0 saturated heterocycles. The fourth-order valence-corrected chi connectivity index (χ4v) is 6.12. The van der Waals surface area contributed by atoms with Crippen LogP contribution in [0.15, 0.2) is 66.0 Å². The largest absolute Gasteiger partial charge is 0.493 e. The highest BCUT2D eigenvalue weighted by Crippen LogP contribution is 2.57. The zero-order valence-corrected chi connectivity index (χ0v) is 24.2. The molecule has 0 N–H and O–H groups in total. The highest BCUT2D eigenvalue weighted by molar-refractivity contribution is 5.72. The number of aryl methyl sites for hydroxylation is 2. The van der Waals surface area contributed by atoms with Crippen LogP contribution < -0.4 is 4.74 Å². The first-order chi connectivity index (χ1) is 18.3. The molecule has 3 unspecified atom stereocenters. The van der Waals surface area contributed by atoms with E-state index in [0.717, 1.165) is 58.8 Å². The summed E-state index contributed by atoms with van der Waals surface area (Å²) in [6, 6.07) is 9.52. The number of halogens is 1. The van der Waals surface area contributed by atoms with Gasteiger partial charge in [-0.05, 0) is 121 Å². The van der Waals surface area contributed by atoms with E-state index in [1.807, 2.05) is 32.1 Å². The molecule has 0 bridgehead atoms. The molecule has 204 valence electrons. The second-order valence-corrected chi connectivity index (χ2v) is 11.2. The second-order valence-electron chi connectivity index (χ2n) is 11.2. The summed E-state index contributed by atoms with van der Waals surface area (Å²) in [6.45, 7) is 17.6. The van der Waals surface area contributed by atoms with Crippen LogP contribution in [0.4, 0.5) is 4.39 Å². The van der Waals surface area contributed by atoms with Gasteiger partial charge in [0.15, 0.2) is 0 Å². The molecule has 2 aromatic rings. The van der Waals surface area contributed by atoms with E-state index in [-0.39, 0.29) is 12.4 Å². The molecular formula is C35H45FO2. The normalized spacial score (nSPS) is 22.8. The number of rotatable bonds is 9. The molecule has 0 aromatic heterocycles. The van der Waals surface area contributed by atoms with Crippen molar-refractivity contribution in [2.75, 3.05) is 6.61 Å². The van der Waals surface area contributed by atoms with Gasteiger partial charge in [0.2, 0.25) is 0 Å². The van der Waals surface area contributed by atoms with Gasteiger partial charge < -0.3 is 9.47 Å². The number of ether oxygens (including phenoxy) is 2. The van der Waals surface area contributed by atoms with E-state index in [9.17, 15) is 4.39 Å². The number of fused-ring (bicyclic) bond motifs is 1. The Labute approximate surface area is 229 Å². The Morgan fingerprint density at radius 3 is 2.47 bits per heavy atom.